The number of aliphatic hydroxyl groups is 3. The van der Waals surface area contributed by atoms with Gasteiger partial charge in [0.1, 0.15) is 6.23 Å². The van der Waals surface area contributed by atoms with E-state index in [2.05, 4.69) is 0 Å². The second-order valence-corrected chi connectivity index (χ2v) is 2.48. The van der Waals surface area contributed by atoms with Crippen LogP contribution in [0.2, 0.25) is 0 Å². The summed E-state index contributed by atoms with van der Waals surface area (Å²) < 4.78 is 0. The molecule has 0 amide bonds. The van der Waals surface area contributed by atoms with Crippen molar-refractivity contribution in [1.82, 2.24) is 0 Å². The Morgan fingerprint density at radius 1 is 1.18 bits per heavy atom. The normalized spacial score (nSPS) is 20.1. The molecule has 62 valence electrons. The van der Waals surface area contributed by atoms with Crippen molar-refractivity contribution in [3.8, 4) is 0 Å². The monoisotopic (exact) mass is 157 g/mol. The van der Waals surface area contributed by atoms with Crippen molar-refractivity contribution in [2.24, 2.45) is 5.73 Å². The molecule has 0 aliphatic heterocycles. The van der Waals surface area contributed by atoms with Crippen LogP contribution in [-0.2, 0) is 0 Å². The van der Waals surface area contributed by atoms with Crippen LogP contribution in [0, 0.1) is 0 Å². The number of allylic oxidation sites excluding steroid dienone is 2. The van der Waals surface area contributed by atoms with Crippen molar-refractivity contribution in [1.29, 1.82) is 0 Å². The van der Waals surface area contributed by atoms with Crippen molar-refractivity contribution in [2.45, 2.75) is 18.9 Å². The lowest BCUT2D eigenvalue weighted by Crippen LogP contribution is -2.21. The van der Waals surface area contributed by atoms with Gasteiger partial charge in [-0.15, -0.1) is 0 Å². The number of hydrogen-bond donors (Lipinski definition) is 4. The van der Waals surface area contributed by atoms with Crippen molar-refractivity contribution in [3.63, 3.8) is 0 Å². The Bertz CT molecular complexity index is 184. The highest BCUT2D eigenvalue weighted by atomic mass is 16.5. The first-order chi connectivity index (χ1) is 5.11. The van der Waals surface area contributed by atoms with Crippen LogP contribution in [-0.4, -0.2) is 27.8 Å². The molecule has 0 saturated carbocycles. The van der Waals surface area contributed by atoms with Gasteiger partial charge in [0.2, 0.25) is 0 Å². The van der Waals surface area contributed by atoms with Crippen molar-refractivity contribution >= 4 is 0 Å². The summed E-state index contributed by atoms with van der Waals surface area (Å²) in [6, 6.07) is 0. The molecule has 1 aliphatic carbocycles. The first kappa shape index (κ1) is 8.42. The van der Waals surface area contributed by atoms with Crippen LogP contribution in [0.1, 0.15) is 6.42 Å². The Balaban J connectivity index is 2.52. The van der Waals surface area contributed by atoms with Crippen LogP contribution in [0.4, 0.5) is 0 Å². The molecular formula is C7H11NO3. The summed E-state index contributed by atoms with van der Waals surface area (Å²) in [7, 11) is 0. The maximum Gasteiger partial charge on any atom is 0.174 e. The van der Waals surface area contributed by atoms with Crippen LogP contribution in [0.15, 0.2) is 23.3 Å². The van der Waals surface area contributed by atoms with E-state index in [1.54, 1.807) is 12.2 Å². The molecule has 1 unspecified atom stereocenters. The Morgan fingerprint density at radius 3 is 2.00 bits per heavy atom. The standard InChI is InChI=1S/C7H11NO3/c8-6(9)4-1-2-5(3-4)7(10)11/h1-2,6-7,9-11H,3,8H2. The predicted molar refractivity (Wildman–Crippen MR) is 39.2 cm³/mol. The Morgan fingerprint density at radius 2 is 1.73 bits per heavy atom. The molecule has 1 atom stereocenters. The molecule has 0 spiro atoms. The summed E-state index contributed by atoms with van der Waals surface area (Å²) in [4.78, 5) is 0. The van der Waals surface area contributed by atoms with Gasteiger partial charge in [0.25, 0.3) is 0 Å². The number of rotatable bonds is 2. The summed E-state index contributed by atoms with van der Waals surface area (Å²) in [5, 5.41) is 26.2. The molecule has 0 bridgehead atoms. The zero-order valence-electron chi connectivity index (χ0n) is 5.94. The molecule has 0 aromatic rings. The first-order valence-corrected chi connectivity index (χ1v) is 3.30. The summed E-state index contributed by atoms with van der Waals surface area (Å²) in [6.45, 7) is 0. The number of hydrogen-bond acceptors (Lipinski definition) is 4. The molecule has 1 aliphatic rings. The molecule has 11 heavy (non-hydrogen) atoms. The number of aliphatic hydroxyl groups excluding tert-OH is 2. The lowest BCUT2D eigenvalue weighted by molar-refractivity contribution is -0.00928. The smallest absolute Gasteiger partial charge is 0.174 e. The van der Waals surface area contributed by atoms with Crippen molar-refractivity contribution in [2.75, 3.05) is 0 Å². The summed E-state index contributed by atoms with van der Waals surface area (Å²) in [5.74, 6) is 0. The molecule has 0 aromatic carbocycles. The van der Waals surface area contributed by atoms with E-state index in [0.717, 1.165) is 0 Å². The quantitative estimate of drug-likeness (QED) is 0.380. The summed E-state index contributed by atoms with van der Waals surface area (Å²) >= 11 is 0. The first-order valence-electron chi connectivity index (χ1n) is 3.30. The molecule has 4 heteroatoms. The largest absolute Gasteiger partial charge is 0.375 e. The minimum absolute atomic E-state index is 0.343. The third kappa shape index (κ3) is 1.87. The summed E-state index contributed by atoms with van der Waals surface area (Å²) in [6.07, 6.45) is 1.05. The van der Waals surface area contributed by atoms with Gasteiger partial charge in [-0.2, -0.15) is 0 Å². The van der Waals surface area contributed by atoms with E-state index in [-0.39, 0.29) is 0 Å². The van der Waals surface area contributed by atoms with Gasteiger partial charge in [-0.3, -0.25) is 0 Å². The van der Waals surface area contributed by atoms with Crippen LogP contribution >= 0.6 is 0 Å². The van der Waals surface area contributed by atoms with Gasteiger partial charge < -0.3 is 21.1 Å². The second kappa shape index (κ2) is 3.15. The SMILES string of the molecule is NC(O)C1=CC=C(C(O)O)C1. The molecule has 1 rings (SSSR count). The van der Waals surface area contributed by atoms with Gasteiger partial charge in [-0.1, -0.05) is 12.2 Å². The highest BCUT2D eigenvalue weighted by molar-refractivity contribution is 5.32. The Kier molecular flexibility index (Phi) is 2.41. The molecular weight excluding hydrogens is 146 g/mol. The minimum atomic E-state index is -1.44. The molecule has 0 heterocycles. The van der Waals surface area contributed by atoms with Crippen LogP contribution in [0.25, 0.3) is 0 Å². The van der Waals surface area contributed by atoms with E-state index >= 15 is 0 Å². The zero-order valence-corrected chi connectivity index (χ0v) is 5.94. The molecule has 0 aromatic heterocycles. The Hall–Kier alpha value is -0.680. The highest BCUT2D eigenvalue weighted by Gasteiger charge is 2.16. The maximum absolute atomic E-state index is 8.86. The van der Waals surface area contributed by atoms with E-state index in [0.29, 0.717) is 17.6 Å². The van der Waals surface area contributed by atoms with E-state index in [1.807, 2.05) is 0 Å². The van der Waals surface area contributed by atoms with E-state index < -0.39 is 12.5 Å². The van der Waals surface area contributed by atoms with Crippen LogP contribution in [0.5, 0.6) is 0 Å². The Labute approximate surface area is 64.3 Å². The average Bonchev–Trinajstić information content (AvgIpc) is 2.33. The fourth-order valence-electron chi connectivity index (χ4n) is 0.948. The fourth-order valence-corrected chi connectivity index (χ4v) is 0.948. The van der Waals surface area contributed by atoms with Crippen LogP contribution in [0.3, 0.4) is 0 Å². The fraction of sp³-hybridized carbons (Fsp3) is 0.429. The van der Waals surface area contributed by atoms with Gasteiger partial charge in [0, 0.05) is 0 Å². The third-order valence-corrected chi connectivity index (χ3v) is 1.63. The van der Waals surface area contributed by atoms with Crippen LogP contribution < -0.4 is 5.73 Å². The lowest BCUT2D eigenvalue weighted by Gasteiger charge is -2.08. The predicted octanol–water partition coefficient (Wildman–Crippen LogP) is -1.17. The van der Waals surface area contributed by atoms with Crippen molar-refractivity contribution < 1.29 is 15.3 Å². The van der Waals surface area contributed by atoms with Gasteiger partial charge in [0.05, 0.1) is 0 Å². The minimum Gasteiger partial charge on any atom is -0.375 e. The van der Waals surface area contributed by atoms with Gasteiger partial charge in [-0.05, 0) is 17.6 Å². The molecule has 0 radical (unpaired) electrons. The van der Waals surface area contributed by atoms with Gasteiger partial charge in [-0.25, -0.2) is 0 Å². The summed E-state index contributed by atoms with van der Waals surface area (Å²) in [5.41, 5.74) is 6.22. The molecule has 4 nitrogen and oxygen atoms in total. The zero-order chi connectivity index (χ0) is 8.43. The van der Waals surface area contributed by atoms with Gasteiger partial charge >= 0.3 is 0 Å². The second-order valence-electron chi connectivity index (χ2n) is 2.48. The molecule has 0 saturated heterocycles. The average molecular weight is 157 g/mol. The molecule has 0 fully saturated rings. The van der Waals surface area contributed by atoms with Crippen molar-refractivity contribution in [3.05, 3.63) is 23.3 Å². The number of nitrogens with two attached hydrogens (primary N) is 1. The molecule has 5 N–H and O–H groups in total. The topological polar surface area (TPSA) is 86.7 Å². The maximum atomic E-state index is 8.86. The van der Waals surface area contributed by atoms with Gasteiger partial charge in [0.15, 0.2) is 6.29 Å². The van der Waals surface area contributed by atoms with E-state index in [1.165, 1.54) is 0 Å². The third-order valence-electron chi connectivity index (χ3n) is 1.63. The van der Waals surface area contributed by atoms with E-state index in [4.69, 9.17) is 21.1 Å². The van der Waals surface area contributed by atoms with E-state index in [9.17, 15) is 0 Å². The highest BCUT2D eigenvalue weighted by Crippen LogP contribution is 2.21. The lowest BCUT2D eigenvalue weighted by atomic mass is 10.1.